The van der Waals surface area contributed by atoms with E-state index in [-0.39, 0.29) is 0 Å². The third-order valence-electron chi connectivity index (χ3n) is 2.56. The molecule has 20 heavy (non-hydrogen) atoms. The second-order valence-corrected chi connectivity index (χ2v) is 3.84. The highest BCUT2D eigenvalue weighted by Gasteiger charge is 2.36. The lowest BCUT2D eigenvalue weighted by Gasteiger charge is -2.11. The number of carbonyl (C=O) groups excluding carboxylic acids is 1. The van der Waals surface area contributed by atoms with E-state index in [1.165, 1.54) is 0 Å². The Bertz CT molecular complexity index is 646. The van der Waals surface area contributed by atoms with Gasteiger partial charge < -0.3 is 0 Å². The largest absolute Gasteiger partial charge is 0.417 e. The molecule has 1 heterocycles. The van der Waals surface area contributed by atoms with Crippen LogP contribution in [0, 0.1) is 11.6 Å². The maximum absolute atomic E-state index is 13.5. The van der Waals surface area contributed by atoms with Crippen LogP contribution in [0.3, 0.4) is 0 Å². The number of benzene rings is 1. The normalized spacial score (nSPS) is 11.4. The van der Waals surface area contributed by atoms with Crippen LogP contribution in [0.1, 0.15) is 21.5 Å². The summed E-state index contributed by atoms with van der Waals surface area (Å²) in [6, 6.07) is 3.17. The second kappa shape index (κ2) is 4.99. The van der Waals surface area contributed by atoms with E-state index in [0.717, 1.165) is 24.4 Å². The summed E-state index contributed by atoms with van der Waals surface area (Å²) >= 11 is 0. The van der Waals surface area contributed by atoms with E-state index >= 15 is 0 Å². The average molecular weight is 287 g/mol. The molecule has 0 aliphatic rings. The van der Waals surface area contributed by atoms with Crippen molar-refractivity contribution in [1.29, 1.82) is 0 Å². The van der Waals surface area contributed by atoms with E-state index < -0.39 is 40.3 Å². The van der Waals surface area contributed by atoms with Crippen molar-refractivity contribution in [3.63, 3.8) is 0 Å². The maximum Gasteiger partial charge on any atom is 0.417 e. The van der Waals surface area contributed by atoms with Crippen LogP contribution in [-0.4, -0.2) is 10.8 Å². The fraction of sp³-hybridized carbons (Fsp3) is 0.0769. The first kappa shape index (κ1) is 14.1. The average Bonchev–Trinajstić information content (AvgIpc) is 2.37. The first-order valence-electron chi connectivity index (χ1n) is 5.32. The van der Waals surface area contributed by atoms with Gasteiger partial charge in [0.25, 0.3) is 0 Å². The Hall–Kier alpha value is -2.31. The molecule has 1 aromatic heterocycles. The Morgan fingerprint density at radius 2 is 1.65 bits per heavy atom. The summed E-state index contributed by atoms with van der Waals surface area (Å²) < 4.78 is 65.2. The molecule has 0 saturated carbocycles. The monoisotopic (exact) mass is 287 g/mol. The van der Waals surface area contributed by atoms with Crippen molar-refractivity contribution in [2.75, 3.05) is 0 Å². The van der Waals surface area contributed by atoms with Gasteiger partial charge in [-0.15, -0.1) is 0 Å². The van der Waals surface area contributed by atoms with Gasteiger partial charge in [-0.2, -0.15) is 13.2 Å². The molecule has 0 aliphatic heterocycles. The van der Waals surface area contributed by atoms with E-state index in [4.69, 9.17) is 0 Å². The summed E-state index contributed by atoms with van der Waals surface area (Å²) in [5, 5.41) is 0. The van der Waals surface area contributed by atoms with Crippen LogP contribution in [0.25, 0.3) is 0 Å². The van der Waals surface area contributed by atoms with Gasteiger partial charge in [-0.25, -0.2) is 8.78 Å². The lowest BCUT2D eigenvalue weighted by Crippen LogP contribution is -2.16. The zero-order chi connectivity index (χ0) is 14.9. The molecule has 0 unspecified atom stereocenters. The zero-order valence-corrected chi connectivity index (χ0v) is 9.71. The van der Waals surface area contributed by atoms with Crippen LogP contribution < -0.4 is 0 Å². The summed E-state index contributed by atoms with van der Waals surface area (Å²) in [6.07, 6.45) is -3.34. The van der Waals surface area contributed by atoms with Gasteiger partial charge in [0, 0.05) is 12.4 Å². The summed E-state index contributed by atoms with van der Waals surface area (Å²) in [5.41, 5.74) is -3.23. The molecule has 0 N–H and O–H groups in total. The van der Waals surface area contributed by atoms with Gasteiger partial charge in [0.2, 0.25) is 5.78 Å². The van der Waals surface area contributed by atoms with Gasteiger partial charge in [0.15, 0.2) is 0 Å². The van der Waals surface area contributed by atoms with Crippen LogP contribution in [0.15, 0.2) is 36.7 Å². The van der Waals surface area contributed by atoms with E-state index in [0.29, 0.717) is 12.3 Å². The number of hydrogen-bond acceptors (Lipinski definition) is 2. The molecule has 0 fully saturated rings. The molecule has 0 amide bonds. The predicted molar refractivity (Wildman–Crippen MR) is 59.0 cm³/mol. The number of pyridine rings is 1. The number of hydrogen-bond donors (Lipinski definition) is 0. The van der Waals surface area contributed by atoms with Gasteiger partial charge in [-0.3, -0.25) is 9.78 Å². The fourth-order valence-corrected chi connectivity index (χ4v) is 1.67. The molecule has 0 bridgehead atoms. The highest BCUT2D eigenvalue weighted by atomic mass is 19.4. The summed E-state index contributed by atoms with van der Waals surface area (Å²) in [4.78, 5) is 15.3. The topological polar surface area (TPSA) is 30.0 Å². The van der Waals surface area contributed by atoms with Gasteiger partial charge in [0.1, 0.15) is 11.6 Å². The van der Waals surface area contributed by atoms with Crippen molar-refractivity contribution in [3.8, 4) is 0 Å². The molecule has 2 nitrogen and oxygen atoms in total. The molecule has 1 aromatic carbocycles. The predicted octanol–water partition coefficient (Wildman–Crippen LogP) is 3.61. The van der Waals surface area contributed by atoms with Crippen LogP contribution in [0.5, 0.6) is 0 Å². The molecule has 0 spiro atoms. The molecule has 0 saturated heterocycles. The summed E-state index contributed by atoms with van der Waals surface area (Å²) in [7, 11) is 0. The van der Waals surface area contributed by atoms with Crippen molar-refractivity contribution in [3.05, 3.63) is 65.0 Å². The summed E-state index contributed by atoms with van der Waals surface area (Å²) in [5.74, 6) is -3.86. The highest BCUT2D eigenvalue weighted by molar-refractivity contribution is 6.10. The van der Waals surface area contributed by atoms with Crippen LogP contribution in [0.4, 0.5) is 22.0 Å². The summed E-state index contributed by atoms with van der Waals surface area (Å²) in [6.45, 7) is 0. The minimum Gasteiger partial charge on any atom is -0.288 e. The Kier molecular flexibility index (Phi) is 3.52. The van der Waals surface area contributed by atoms with E-state index in [1.54, 1.807) is 0 Å². The number of alkyl halides is 3. The van der Waals surface area contributed by atoms with Crippen molar-refractivity contribution in [2.24, 2.45) is 0 Å². The van der Waals surface area contributed by atoms with E-state index in [1.807, 2.05) is 0 Å². The molecular weight excluding hydrogens is 281 g/mol. The third-order valence-corrected chi connectivity index (χ3v) is 2.56. The van der Waals surface area contributed by atoms with Gasteiger partial charge in [-0.1, -0.05) is 6.07 Å². The third kappa shape index (κ3) is 2.52. The van der Waals surface area contributed by atoms with Crippen molar-refractivity contribution in [2.45, 2.75) is 6.18 Å². The minimum absolute atomic E-state index is 0.575. The lowest BCUT2D eigenvalue weighted by molar-refractivity contribution is -0.137. The van der Waals surface area contributed by atoms with E-state index in [2.05, 4.69) is 4.98 Å². The van der Waals surface area contributed by atoms with Gasteiger partial charge in [-0.05, 0) is 18.2 Å². The Morgan fingerprint density at radius 1 is 1.05 bits per heavy atom. The minimum atomic E-state index is -4.82. The molecule has 0 aliphatic carbocycles. The van der Waals surface area contributed by atoms with Crippen molar-refractivity contribution >= 4 is 5.78 Å². The molecular formula is C13H6F5NO. The first-order chi connectivity index (χ1) is 9.32. The van der Waals surface area contributed by atoms with Crippen molar-refractivity contribution < 1.29 is 26.7 Å². The van der Waals surface area contributed by atoms with Crippen LogP contribution in [-0.2, 0) is 6.18 Å². The molecule has 7 heteroatoms. The smallest absolute Gasteiger partial charge is 0.288 e. The second-order valence-electron chi connectivity index (χ2n) is 3.84. The number of rotatable bonds is 2. The van der Waals surface area contributed by atoms with Gasteiger partial charge >= 0.3 is 6.18 Å². The van der Waals surface area contributed by atoms with Crippen molar-refractivity contribution in [1.82, 2.24) is 4.98 Å². The molecule has 2 aromatic rings. The Labute approximate surface area is 109 Å². The highest BCUT2D eigenvalue weighted by Crippen LogP contribution is 2.32. The number of nitrogens with zero attached hydrogens (tertiary/aromatic N) is 1. The van der Waals surface area contributed by atoms with Crippen LogP contribution in [0.2, 0.25) is 0 Å². The maximum atomic E-state index is 13.5. The quantitative estimate of drug-likeness (QED) is 0.624. The lowest BCUT2D eigenvalue weighted by atomic mass is 9.99. The standard InChI is InChI=1S/C13H6F5NO/c14-9-2-1-3-10(15)11(9)12(20)7-6-19-5-4-8(7)13(16,17)18/h1-6H. The molecule has 2 rings (SSSR count). The zero-order valence-electron chi connectivity index (χ0n) is 9.71. The number of halogens is 5. The SMILES string of the molecule is O=C(c1cnccc1C(F)(F)F)c1c(F)cccc1F. The Morgan fingerprint density at radius 3 is 2.20 bits per heavy atom. The molecule has 0 radical (unpaired) electrons. The molecule has 104 valence electrons. The van der Waals surface area contributed by atoms with E-state index in [9.17, 15) is 26.7 Å². The number of carbonyl (C=O) groups is 1. The fourth-order valence-electron chi connectivity index (χ4n) is 1.67. The molecule has 0 atom stereocenters. The Balaban J connectivity index is 2.61. The number of ketones is 1. The van der Waals surface area contributed by atoms with Gasteiger partial charge in [0.05, 0.1) is 16.7 Å². The number of aromatic nitrogens is 1. The first-order valence-corrected chi connectivity index (χ1v) is 5.32. The van der Waals surface area contributed by atoms with Crippen LogP contribution >= 0.6 is 0 Å².